The Hall–Kier alpha value is -4.00. The van der Waals surface area contributed by atoms with Crippen molar-refractivity contribution in [3.63, 3.8) is 0 Å². The molecule has 1 aliphatic carbocycles. The van der Waals surface area contributed by atoms with Gasteiger partial charge in [-0.1, -0.05) is 12.1 Å². The third-order valence-corrected chi connectivity index (χ3v) is 8.12. The highest BCUT2D eigenvalue weighted by atomic mass is 31.2. The normalized spacial score (nSPS) is 17.3. The minimum absolute atomic E-state index is 0.0350. The number of phosphoric acid groups is 2. The zero-order valence-corrected chi connectivity index (χ0v) is 24.8. The van der Waals surface area contributed by atoms with E-state index in [1.165, 1.54) is 29.0 Å². The van der Waals surface area contributed by atoms with Gasteiger partial charge in [-0.25, -0.2) is 28.0 Å². The van der Waals surface area contributed by atoms with Crippen molar-refractivity contribution < 1.29 is 50.9 Å². The molecule has 0 bridgehead atoms. The smallest absolute Gasteiger partial charge is 0.303 e. The van der Waals surface area contributed by atoms with Crippen molar-refractivity contribution in [1.29, 1.82) is 0 Å². The fraction of sp³-hybridized carbons (Fsp3) is 0.292. The Morgan fingerprint density at radius 1 is 0.957 bits per heavy atom. The van der Waals surface area contributed by atoms with Gasteiger partial charge in [0.2, 0.25) is 0 Å². The highest BCUT2D eigenvalue weighted by Crippen LogP contribution is 2.55. The molecule has 5 aromatic rings. The van der Waals surface area contributed by atoms with Crippen LogP contribution in [0.1, 0.15) is 29.5 Å². The molecule has 1 fully saturated rings. The molecule has 0 aliphatic heterocycles. The second-order valence-electron chi connectivity index (χ2n) is 10.4. The number of aromatic nitrogens is 7. The average Bonchev–Trinajstić information content (AvgIpc) is 3.43. The number of phosphoric ester groups is 2. The Morgan fingerprint density at radius 2 is 1.67 bits per heavy atom. The number of fused-ring (bicyclic) bond motifs is 2. The quantitative estimate of drug-likeness (QED) is 0.154. The van der Waals surface area contributed by atoms with E-state index in [2.05, 4.69) is 24.2 Å². The van der Waals surface area contributed by atoms with Gasteiger partial charge >= 0.3 is 27.5 Å². The van der Waals surface area contributed by atoms with E-state index in [0.717, 1.165) is 16.4 Å². The van der Waals surface area contributed by atoms with Crippen molar-refractivity contribution in [2.45, 2.75) is 44.4 Å². The first-order valence-corrected chi connectivity index (χ1v) is 16.2. The first-order chi connectivity index (χ1) is 21.5. The van der Waals surface area contributed by atoms with Gasteiger partial charge in [-0.15, -0.1) is 0 Å². The SMILES string of the molecule is O=c1c(-c2cc(C3C[C@H]3c3ccc4cnn(CC(F)(F)F)c4c3)n3nccc3n2)cn(COP(=O)(O)O)c(=O)n1COP(=O)(O)O. The Balaban J connectivity index is 1.41. The van der Waals surface area contributed by atoms with Crippen molar-refractivity contribution in [2.75, 3.05) is 0 Å². The molecule has 4 heterocycles. The molecule has 22 heteroatoms. The predicted octanol–water partition coefficient (Wildman–Crippen LogP) is 2.04. The summed E-state index contributed by atoms with van der Waals surface area (Å²) in [5.74, 6) is -0.412. The first kappa shape index (κ1) is 32.0. The third kappa shape index (κ3) is 6.74. The van der Waals surface area contributed by atoms with E-state index in [4.69, 9.17) is 19.6 Å². The minimum atomic E-state index is -5.17. The second kappa shape index (κ2) is 11.4. The van der Waals surface area contributed by atoms with Gasteiger partial charge in [-0.05, 0) is 30.0 Å². The molecule has 1 aliphatic rings. The van der Waals surface area contributed by atoms with Gasteiger partial charge in [0.15, 0.2) is 5.65 Å². The van der Waals surface area contributed by atoms with Gasteiger partial charge in [0.05, 0.1) is 34.9 Å². The van der Waals surface area contributed by atoms with Gasteiger partial charge in [0.25, 0.3) is 5.56 Å². The van der Waals surface area contributed by atoms with Gasteiger partial charge < -0.3 is 19.6 Å². The summed E-state index contributed by atoms with van der Waals surface area (Å²) in [4.78, 5) is 67.2. The highest BCUT2D eigenvalue weighted by molar-refractivity contribution is 7.46. The van der Waals surface area contributed by atoms with Crippen LogP contribution in [0.2, 0.25) is 0 Å². The topological polar surface area (TPSA) is 226 Å². The maximum atomic E-state index is 13.4. The van der Waals surface area contributed by atoms with Crippen LogP contribution in [0.4, 0.5) is 13.2 Å². The lowest BCUT2D eigenvalue weighted by molar-refractivity contribution is -0.141. The van der Waals surface area contributed by atoms with Crippen LogP contribution in [-0.4, -0.2) is 59.3 Å². The summed E-state index contributed by atoms with van der Waals surface area (Å²) in [5, 5.41) is 8.67. The molecular formula is C24H22F3N7O10P2. The average molecular weight is 687 g/mol. The van der Waals surface area contributed by atoms with E-state index in [1.807, 2.05) is 0 Å². The molecule has 46 heavy (non-hydrogen) atoms. The molecule has 0 spiro atoms. The lowest BCUT2D eigenvalue weighted by Crippen LogP contribution is -2.41. The zero-order chi connectivity index (χ0) is 33.2. The lowest BCUT2D eigenvalue weighted by Gasteiger charge is -2.15. The third-order valence-electron chi connectivity index (χ3n) is 7.22. The summed E-state index contributed by atoms with van der Waals surface area (Å²) >= 11 is 0. The van der Waals surface area contributed by atoms with Crippen LogP contribution >= 0.6 is 15.6 Å². The Labute approximate surface area is 253 Å². The van der Waals surface area contributed by atoms with E-state index in [1.54, 1.807) is 18.2 Å². The summed E-state index contributed by atoms with van der Waals surface area (Å²) in [6.07, 6.45) is -0.211. The van der Waals surface area contributed by atoms with E-state index < -0.39 is 53.1 Å². The molecular weight excluding hydrogens is 665 g/mol. The van der Waals surface area contributed by atoms with E-state index in [-0.39, 0.29) is 28.7 Å². The molecule has 244 valence electrons. The van der Waals surface area contributed by atoms with Crippen LogP contribution in [-0.2, 0) is 38.2 Å². The molecule has 0 saturated heterocycles. The second-order valence-corrected chi connectivity index (χ2v) is 12.9. The van der Waals surface area contributed by atoms with Crippen molar-refractivity contribution in [1.82, 2.24) is 33.5 Å². The van der Waals surface area contributed by atoms with Gasteiger partial charge in [-0.2, -0.15) is 23.4 Å². The number of halogens is 3. The fourth-order valence-corrected chi connectivity index (χ4v) is 5.69. The number of hydrogen-bond donors (Lipinski definition) is 4. The monoisotopic (exact) mass is 687 g/mol. The molecule has 0 radical (unpaired) electrons. The van der Waals surface area contributed by atoms with Crippen LogP contribution in [0, 0.1) is 0 Å². The van der Waals surface area contributed by atoms with Crippen LogP contribution in [0.15, 0.2) is 58.5 Å². The summed E-state index contributed by atoms with van der Waals surface area (Å²) in [6, 6.07) is 8.10. The van der Waals surface area contributed by atoms with E-state index in [0.29, 0.717) is 32.2 Å². The van der Waals surface area contributed by atoms with Gasteiger partial charge in [-0.3, -0.25) is 23.1 Å². The van der Waals surface area contributed by atoms with Crippen molar-refractivity contribution in [2.24, 2.45) is 0 Å². The molecule has 6 rings (SSSR count). The maximum absolute atomic E-state index is 13.4. The predicted molar refractivity (Wildman–Crippen MR) is 149 cm³/mol. The standard InChI is InChI=1S/C24H22F3N7O10P2/c25-24(26,27)10-33-19-5-13(1-2-14(19)8-29-33)15-6-16(15)20-7-18(30-21-3-4-28-34(20)21)17-9-31(11-43-45(37,38)39)23(36)32(22(17)35)12-44-46(40,41)42/h1-5,7-9,15-16H,6,10-12H2,(H2,37,38,39)(H2,40,41,42)/t15-,16?/m0/s1. The Morgan fingerprint density at radius 3 is 2.37 bits per heavy atom. The zero-order valence-electron chi connectivity index (χ0n) is 23.0. The van der Waals surface area contributed by atoms with Gasteiger partial charge in [0, 0.05) is 23.6 Å². The molecule has 1 saturated carbocycles. The molecule has 2 atom stereocenters. The molecule has 17 nitrogen and oxygen atoms in total. The molecule has 4 N–H and O–H groups in total. The van der Waals surface area contributed by atoms with Crippen LogP contribution in [0.25, 0.3) is 27.8 Å². The number of benzene rings is 1. The number of alkyl halides is 3. The summed E-state index contributed by atoms with van der Waals surface area (Å²) in [5.41, 5.74) is -0.861. The molecule has 1 aromatic carbocycles. The van der Waals surface area contributed by atoms with Crippen LogP contribution < -0.4 is 11.2 Å². The minimum Gasteiger partial charge on any atom is -0.303 e. The summed E-state index contributed by atoms with van der Waals surface area (Å²) in [6.45, 7) is -3.52. The maximum Gasteiger partial charge on any atom is 0.471 e. The van der Waals surface area contributed by atoms with Crippen molar-refractivity contribution in [3.8, 4) is 11.3 Å². The highest BCUT2D eigenvalue weighted by Gasteiger charge is 2.42. The molecule has 0 amide bonds. The van der Waals surface area contributed by atoms with Crippen LogP contribution in [0.3, 0.4) is 0 Å². The molecule has 1 unspecified atom stereocenters. The van der Waals surface area contributed by atoms with E-state index >= 15 is 0 Å². The van der Waals surface area contributed by atoms with Crippen molar-refractivity contribution in [3.05, 3.63) is 81.0 Å². The number of rotatable bonds is 10. The van der Waals surface area contributed by atoms with Crippen LogP contribution in [0.5, 0.6) is 0 Å². The first-order valence-electron chi connectivity index (χ1n) is 13.1. The molecule has 4 aromatic heterocycles. The number of nitrogens with zero attached hydrogens (tertiary/aromatic N) is 7. The largest absolute Gasteiger partial charge is 0.471 e. The fourth-order valence-electron chi connectivity index (χ4n) is 5.15. The summed E-state index contributed by atoms with van der Waals surface area (Å²) in [7, 11) is -10.3. The Kier molecular flexibility index (Phi) is 7.89. The Bertz CT molecular complexity index is 2200. The lowest BCUT2D eigenvalue weighted by atomic mass is 10.1. The van der Waals surface area contributed by atoms with Crippen molar-refractivity contribution >= 4 is 32.2 Å². The van der Waals surface area contributed by atoms with Gasteiger partial charge in [0.1, 0.15) is 20.0 Å². The summed E-state index contributed by atoms with van der Waals surface area (Å²) < 4.78 is 73.8. The van der Waals surface area contributed by atoms with E-state index in [9.17, 15) is 31.9 Å². The number of hydrogen-bond acceptors (Lipinski definition) is 9.